The molecular formula is C16H25NO. The summed E-state index contributed by atoms with van der Waals surface area (Å²) < 4.78 is 0. The van der Waals surface area contributed by atoms with Crippen molar-refractivity contribution in [3.8, 4) is 5.75 Å². The molecule has 18 heavy (non-hydrogen) atoms. The standard InChI is InChI=1S/C16H25NO/c1-11-8-13(15(2,3)4)14(18)9-12(11)16(10-17)6-5-7-16/h8-9,18H,5-7,10,17H2,1-4H3. The van der Waals surface area contributed by atoms with Gasteiger partial charge in [-0.1, -0.05) is 33.3 Å². The highest BCUT2D eigenvalue weighted by Gasteiger charge is 2.39. The Labute approximate surface area is 110 Å². The highest BCUT2D eigenvalue weighted by molar-refractivity contribution is 5.48. The highest BCUT2D eigenvalue weighted by atomic mass is 16.3. The fourth-order valence-corrected chi connectivity index (χ4v) is 3.06. The van der Waals surface area contributed by atoms with Gasteiger partial charge in [0.25, 0.3) is 0 Å². The van der Waals surface area contributed by atoms with E-state index < -0.39 is 0 Å². The maximum absolute atomic E-state index is 10.3. The topological polar surface area (TPSA) is 46.2 Å². The van der Waals surface area contributed by atoms with Crippen molar-refractivity contribution in [2.45, 2.75) is 57.8 Å². The minimum absolute atomic E-state index is 0.0249. The monoisotopic (exact) mass is 247 g/mol. The van der Waals surface area contributed by atoms with Gasteiger partial charge in [-0.3, -0.25) is 0 Å². The van der Waals surface area contributed by atoms with Crippen LogP contribution in [0.1, 0.15) is 56.7 Å². The van der Waals surface area contributed by atoms with Gasteiger partial charge in [0.05, 0.1) is 0 Å². The molecule has 1 fully saturated rings. The third-order valence-corrected chi connectivity index (χ3v) is 4.42. The summed E-state index contributed by atoms with van der Waals surface area (Å²) in [5, 5.41) is 10.3. The normalized spacial score (nSPS) is 18.5. The molecule has 0 radical (unpaired) electrons. The van der Waals surface area contributed by atoms with Crippen LogP contribution in [0.3, 0.4) is 0 Å². The molecule has 1 aromatic carbocycles. The van der Waals surface area contributed by atoms with Crippen molar-refractivity contribution in [3.05, 3.63) is 28.8 Å². The zero-order valence-electron chi connectivity index (χ0n) is 12.0. The largest absolute Gasteiger partial charge is 0.508 e. The first-order valence-corrected chi connectivity index (χ1v) is 6.85. The van der Waals surface area contributed by atoms with Crippen LogP contribution in [0.25, 0.3) is 0 Å². The van der Waals surface area contributed by atoms with Gasteiger partial charge in [0.15, 0.2) is 0 Å². The van der Waals surface area contributed by atoms with E-state index in [1.165, 1.54) is 17.5 Å². The van der Waals surface area contributed by atoms with Crippen molar-refractivity contribution in [3.63, 3.8) is 0 Å². The number of nitrogens with two attached hydrogens (primary N) is 1. The number of hydrogen-bond acceptors (Lipinski definition) is 2. The fourth-order valence-electron chi connectivity index (χ4n) is 3.06. The van der Waals surface area contributed by atoms with Crippen LogP contribution in [0, 0.1) is 6.92 Å². The first-order valence-electron chi connectivity index (χ1n) is 6.85. The summed E-state index contributed by atoms with van der Waals surface area (Å²) in [5.74, 6) is 0.419. The maximum atomic E-state index is 10.3. The predicted molar refractivity (Wildman–Crippen MR) is 76.1 cm³/mol. The zero-order valence-corrected chi connectivity index (χ0v) is 12.0. The number of rotatable bonds is 2. The van der Waals surface area contributed by atoms with Crippen LogP contribution in [-0.2, 0) is 10.8 Å². The van der Waals surface area contributed by atoms with E-state index in [2.05, 4.69) is 33.8 Å². The van der Waals surface area contributed by atoms with Gasteiger partial charge in [-0.25, -0.2) is 0 Å². The SMILES string of the molecule is Cc1cc(C(C)(C)C)c(O)cc1C1(CN)CCC1. The minimum Gasteiger partial charge on any atom is -0.508 e. The Hall–Kier alpha value is -1.02. The van der Waals surface area contributed by atoms with E-state index in [0.29, 0.717) is 12.3 Å². The lowest BCUT2D eigenvalue weighted by Gasteiger charge is -2.43. The Balaban J connectivity index is 2.50. The lowest BCUT2D eigenvalue weighted by molar-refractivity contribution is 0.251. The van der Waals surface area contributed by atoms with Gasteiger partial charge < -0.3 is 10.8 Å². The first kappa shape index (κ1) is 13.4. The second-order valence-electron chi connectivity index (χ2n) is 6.77. The summed E-state index contributed by atoms with van der Waals surface area (Å²) in [6, 6.07) is 4.10. The molecule has 100 valence electrons. The van der Waals surface area contributed by atoms with Crippen molar-refractivity contribution in [2.24, 2.45) is 5.73 Å². The summed E-state index contributed by atoms with van der Waals surface area (Å²) in [5.41, 5.74) is 9.60. The molecule has 0 heterocycles. The molecule has 0 spiro atoms. The first-order chi connectivity index (χ1) is 8.30. The summed E-state index contributed by atoms with van der Waals surface area (Å²) >= 11 is 0. The number of phenolic OH excluding ortho intramolecular Hbond substituents is 1. The van der Waals surface area contributed by atoms with Gasteiger partial charge in [-0.15, -0.1) is 0 Å². The van der Waals surface area contributed by atoms with E-state index in [-0.39, 0.29) is 10.8 Å². The van der Waals surface area contributed by atoms with E-state index in [0.717, 1.165) is 18.4 Å². The van der Waals surface area contributed by atoms with E-state index >= 15 is 0 Å². The molecule has 1 saturated carbocycles. The molecule has 0 amide bonds. The van der Waals surface area contributed by atoms with Gasteiger partial charge in [0, 0.05) is 12.0 Å². The molecule has 0 aromatic heterocycles. The molecule has 3 N–H and O–H groups in total. The van der Waals surface area contributed by atoms with E-state index in [4.69, 9.17) is 5.73 Å². The van der Waals surface area contributed by atoms with Crippen LogP contribution < -0.4 is 5.73 Å². The second kappa shape index (κ2) is 4.27. The molecule has 1 aliphatic rings. The highest BCUT2D eigenvalue weighted by Crippen LogP contribution is 2.46. The van der Waals surface area contributed by atoms with Gasteiger partial charge >= 0.3 is 0 Å². The third kappa shape index (κ3) is 2.03. The molecule has 0 unspecified atom stereocenters. The third-order valence-electron chi connectivity index (χ3n) is 4.42. The van der Waals surface area contributed by atoms with Gasteiger partial charge in [0.2, 0.25) is 0 Å². The lowest BCUT2D eigenvalue weighted by Crippen LogP contribution is -2.42. The summed E-state index contributed by atoms with van der Waals surface area (Å²) in [4.78, 5) is 0. The van der Waals surface area contributed by atoms with E-state index in [1.54, 1.807) is 0 Å². The molecular weight excluding hydrogens is 222 g/mol. The minimum atomic E-state index is -0.0249. The van der Waals surface area contributed by atoms with Crippen LogP contribution in [0.5, 0.6) is 5.75 Å². The van der Waals surface area contributed by atoms with Gasteiger partial charge in [0.1, 0.15) is 5.75 Å². The molecule has 2 rings (SSSR count). The van der Waals surface area contributed by atoms with E-state index in [9.17, 15) is 5.11 Å². The number of hydrogen-bond donors (Lipinski definition) is 2. The van der Waals surface area contributed by atoms with Crippen molar-refractivity contribution >= 4 is 0 Å². The van der Waals surface area contributed by atoms with Crippen LogP contribution in [0.4, 0.5) is 0 Å². The smallest absolute Gasteiger partial charge is 0.119 e. The fraction of sp³-hybridized carbons (Fsp3) is 0.625. The molecule has 1 aliphatic carbocycles. The Kier molecular flexibility index (Phi) is 3.18. The Morgan fingerprint density at radius 3 is 2.28 bits per heavy atom. The van der Waals surface area contributed by atoms with E-state index in [1.807, 2.05) is 6.07 Å². The predicted octanol–water partition coefficient (Wildman–Crippen LogP) is 3.38. The number of phenols is 1. The number of aromatic hydroxyl groups is 1. The maximum Gasteiger partial charge on any atom is 0.119 e. The summed E-state index contributed by atoms with van der Waals surface area (Å²) in [6.45, 7) is 9.21. The van der Waals surface area contributed by atoms with Crippen molar-refractivity contribution in [2.75, 3.05) is 6.54 Å². The molecule has 2 heteroatoms. The van der Waals surface area contributed by atoms with Gasteiger partial charge in [-0.05, 0) is 47.9 Å². The number of benzene rings is 1. The molecule has 0 bridgehead atoms. The van der Waals surface area contributed by atoms with Crippen LogP contribution in [-0.4, -0.2) is 11.7 Å². The summed E-state index contributed by atoms with van der Waals surface area (Å²) in [6.07, 6.45) is 3.55. The van der Waals surface area contributed by atoms with Gasteiger partial charge in [-0.2, -0.15) is 0 Å². The number of aryl methyl sites for hydroxylation is 1. The molecule has 0 saturated heterocycles. The molecule has 1 aromatic rings. The Morgan fingerprint density at radius 1 is 1.28 bits per heavy atom. The Morgan fingerprint density at radius 2 is 1.89 bits per heavy atom. The van der Waals surface area contributed by atoms with Crippen LogP contribution in [0.2, 0.25) is 0 Å². The van der Waals surface area contributed by atoms with Crippen molar-refractivity contribution in [1.29, 1.82) is 0 Å². The molecule has 0 aliphatic heterocycles. The molecule has 2 nitrogen and oxygen atoms in total. The Bertz CT molecular complexity index is 447. The zero-order chi connectivity index (χ0) is 13.6. The van der Waals surface area contributed by atoms with Crippen molar-refractivity contribution < 1.29 is 5.11 Å². The van der Waals surface area contributed by atoms with Crippen LogP contribution >= 0.6 is 0 Å². The average molecular weight is 247 g/mol. The lowest BCUT2D eigenvalue weighted by atomic mass is 9.63. The second-order valence-corrected chi connectivity index (χ2v) is 6.77. The van der Waals surface area contributed by atoms with Crippen molar-refractivity contribution in [1.82, 2.24) is 0 Å². The quantitative estimate of drug-likeness (QED) is 0.841. The van der Waals surface area contributed by atoms with Crippen LogP contribution in [0.15, 0.2) is 12.1 Å². The molecule has 0 atom stereocenters. The summed E-state index contributed by atoms with van der Waals surface area (Å²) in [7, 11) is 0. The average Bonchev–Trinajstić information content (AvgIpc) is 2.20.